The fraction of sp³-hybridized carbons (Fsp3) is 0.318. The van der Waals surface area contributed by atoms with Crippen molar-refractivity contribution >= 4 is 17.5 Å². The van der Waals surface area contributed by atoms with Crippen molar-refractivity contribution in [1.82, 2.24) is 4.98 Å². The molecule has 1 saturated heterocycles. The van der Waals surface area contributed by atoms with E-state index >= 15 is 0 Å². The van der Waals surface area contributed by atoms with Gasteiger partial charge < -0.3 is 19.1 Å². The molecule has 29 heavy (non-hydrogen) atoms. The Balaban J connectivity index is 1.40. The van der Waals surface area contributed by atoms with Gasteiger partial charge in [-0.3, -0.25) is 4.79 Å². The number of aromatic nitrogens is 1. The molecular weight excluding hydrogens is 368 g/mol. The monoisotopic (exact) mass is 390 g/mol. The van der Waals surface area contributed by atoms with Crippen LogP contribution in [0.4, 0.5) is 11.6 Å². The van der Waals surface area contributed by atoms with E-state index in [1.165, 1.54) is 11.8 Å². The van der Waals surface area contributed by atoms with Gasteiger partial charge in [-0.1, -0.05) is 19.1 Å². The van der Waals surface area contributed by atoms with Crippen LogP contribution in [0, 0.1) is 17.2 Å². The summed E-state index contributed by atoms with van der Waals surface area (Å²) in [5.74, 6) is 1.17. The molecule has 4 rings (SSSR count). The number of nitrogens with one attached hydrogen (secondary N) is 1. The van der Waals surface area contributed by atoms with Gasteiger partial charge in [0.05, 0.1) is 6.26 Å². The first-order valence-electron chi connectivity index (χ1n) is 9.77. The van der Waals surface area contributed by atoms with Crippen LogP contribution in [0.2, 0.25) is 0 Å². The number of hydrogen-bond acceptors (Lipinski definition) is 6. The zero-order valence-corrected chi connectivity index (χ0v) is 16.2. The fourth-order valence-corrected chi connectivity index (χ4v) is 3.56. The second-order valence-electron chi connectivity index (χ2n) is 7.07. The van der Waals surface area contributed by atoms with Crippen LogP contribution in [-0.4, -0.2) is 24.0 Å². The number of amides is 1. The number of piperidine rings is 1. The Morgan fingerprint density at radius 2 is 2.14 bits per heavy atom. The van der Waals surface area contributed by atoms with Crippen LogP contribution in [0.15, 0.2) is 51.5 Å². The van der Waals surface area contributed by atoms with Gasteiger partial charge in [-0.05, 0) is 49.1 Å². The molecule has 1 N–H and O–H groups in total. The summed E-state index contributed by atoms with van der Waals surface area (Å²) in [6.45, 7) is 3.33. The zero-order chi connectivity index (χ0) is 20.2. The van der Waals surface area contributed by atoms with E-state index in [4.69, 9.17) is 8.83 Å². The molecule has 1 fully saturated rings. The summed E-state index contributed by atoms with van der Waals surface area (Å²) in [6.07, 6.45) is 3.83. The van der Waals surface area contributed by atoms with E-state index < -0.39 is 0 Å². The number of carbonyl (C=O) groups is 1. The molecule has 1 amide bonds. The van der Waals surface area contributed by atoms with E-state index in [1.807, 2.05) is 23.1 Å². The Bertz CT molecular complexity index is 1020. The van der Waals surface area contributed by atoms with Gasteiger partial charge in [0.1, 0.15) is 6.07 Å². The first kappa shape index (κ1) is 18.8. The Morgan fingerprint density at radius 1 is 1.31 bits per heavy atom. The Kier molecular flexibility index (Phi) is 5.34. The average molecular weight is 390 g/mol. The Labute approximate surface area is 168 Å². The third kappa shape index (κ3) is 4.02. The van der Waals surface area contributed by atoms with Crippen LogP contribution in [0.1, 0.15) is 31.0 Å². The molecule has 148 valence electrons. The molecule has 1 aliphatic rings. The lowest BCUT2D eigenvalue weighted by molar-refractivity contribution is -0.120. The van der Waals surface area contributed by atoms with Gasteiger partial charge in [-0.2, -0.15) is 10.2 Å². The molecule has 0 radical (unpaired) electrons. The summed E-state index contributed by atoms with van der Waals surface area (Å²) < 4.78 is 11.1. The van der Waals surface area contributed by atoms with Crippen LogP contribution >= 0.6 is 0 Å². The summed E-state index contributed by atoms with van der Waals surface area (Å²) in [5.41, 5.74) is 2.26. The fourth-order valence-electron chi connectivity index (χ4n) is 3.56. The van der Waals surface area contributed by atoms with E-state index in [9.17, 15) is 10.1 Å². The molecule has 0 saturated carbocycles. The first-order chi connectivity index (χ1) is 14.2. The van der Waals surface area contributed by atoms with Gasteiger partial charge in [0, 0.05) is 24.7 Å². The molecule has 2 aromatic heterocycles. The van der Waals surface area contributed by atoms with Crippen LogP contribution < -0.4 is 10.2 Å². The van der Waals surface area contributed by atoms with Crippen molar-refractivity contribution in [3.05, 3.63) is 53.9 Å². The highest BCUT2D eigenvalue weighted by Crippen LogP contribution is 2.31. The maximum absolute atomic E-state index is 12.7. The Morgan fingerprint density at radius 3 is 2.83 bits per heavy atom. The second kappa shape index (κ2) is 8.23. The predicted octanol–water partition coefficient (Wildman–Crippen LogP) is 4.22. The van der Waals surface area contributed by atoms with Crippen molar-refractivity contribution in [2.75, 3.05) is 23.3 Å². The van der Waals surface area contributed by atoms with Gasteiger partial charge >= 0.3 is 0 Å². The minimum atomic E-state index is -0.0745. The molecule has 0 unspecified atom stereocenters. The number of rotatable bonds is 5. The second-order valence-corrected chi connectivity index (χ2v) is 7.07. The summed E-state index contributed by atoms with van der Waals surface area (Å²) in [5, 5.41) is 12.4. The average Bonchev–Trinajstić information content (AvgIpc) is 3.43. The number of hydrogen-bond donors (Lipinski definition) is 1. The maximum atomic E-state index is 12.7. The van der Waals surface area contributed by atoms with E-state index in [-0.39, 0.29) is 23.4 Å². The molecule has 1 aromatic carbocycles. The molecule has 3 heterocycles. The standard InChI is InChI=1S/C22H22N4O3/c1-2-15-5-3-6-17(13-15)24-20(27)16-8-10-26(11-9-16)22-18(14-23)25-21(29-22)19-7-4-12-28-19/h3-7,12-13,16H,2,8-11H2,1H3,(H,24,27). The lowest BCUT2D eigenvalue weighted by Crippen LogP contribution is -2.38. The Hall–Kier alpha value is -3.53. The van der Waals surface area contributed by atoms with E-state index in [1.54, 1.807) is 12.1 Å². The van der Waals surface area contributed by atoms with Crippen LogP contribution in [0.5, 0.6) is 0 Å². The number of nitriles is 1. The van der Waals surface area contributed by atoms with Gasteiger partial charge in [-0.25, -0.2) is 0 Å². The summed E-state index contributed by atoms with van der Waals surface area (Å²) in [4.78, 5) is 18.9. The summed E-state index contributed by atoms with van der Waals surface area (Å²) in [6, 6.07) is 13.5. The number of anilines is 2. The smallest absolute Gasteiger partial charge is 0.266 e. The quantitative estimate of drug-likeness (QED) is 0.701. The van der Waals surface area contributed by atoms with E-state index in [0.717, 1.165) is 12.1 Å². The van der Waals surface area contributed by atoms with Gasteiger partial charge in [0.25, 0.3) is 5.89 Å². The van der Waals surface area contributed by atoms with Crippen molar-refractivity contribution in [2.24, 2.45) is 5.92 Å². The minimum Gasteiger partial charge on any atom is -0.459 e. The van der Waals surface area contributed by atoms with E-state index in [2.05, 4.69) is 29.4 Å². The van der Waals surface area contributed by atoms with Crippen molar-refractivity contribution in [3.63, 3.8) is 0 Å². The first-order valence-corrected chi connectivity index (χ1v) is 9.77. The lowest BCUT2D eigenvalue weighted by atomic mass is 9.95. The van der Waals surface area contributed by atoms with Gasteiger partial charge in [0.15, 0.2) is 5.76 Å². The van der Waals surface area contributed by atoms with Crippen LogP contribution in [0.3, 0.4) is 0 Å². The number of carbonyl (C=O) groups excluding carboxylic acids is 1. The van der Waals surface area contributed by atoms with Crippen LogP contribution in [-0.2, 0) is 11.2 Å². The molecule has 7 nitrogen and oxygen atoms in total. The number of benzene rings is 1. The molecule has 1 aliphatic heterocycles. The highest BCUT2D eigenvalue weighted by molar-refractivity contribution is 5.92. The highest BCUT2D eigenvalue weighted by Gasteiger charge is 2.29. The van der Waals surface area contributed by atoms with Gasteiger partial charge in [-0.15, -0.1) is 0 Å². The normalized spacial score (nSPS) is 14.6. The van der Waals surface area contributed by atoms with Crippen LogP contribution in [0.25, 0.3) is 11.7 Å². The number of oxazole rings is 1. The molecule has 0 bridgehead atoms. The molecule has 0 atom stereocenters. The molecule has 0 aliphatic carbocycles. The van der Waals surface area contributed by atoms with Gasteiger partial charge in [0.2, 0.25) is 17.5 Å². The molecule has 7 heteroatoms. The SMILES string of the molecule is CCc1cccc(NC(=O)C2CCN(c3oc(-c4ccco4)nc3C#N)CC2)c1. The summed E-state index contributed by atoms with van der Waals surface area (Å²) in [7, 11) is 0. The molecule has 0 spiro atoms. The van der Waals surface area contributed by atoms with Crippen molar-refractivity contribution < 1.29 is 13.6 Å². The zero-order valence-electron chi connectivity index (χ0n) is 16.2. The maximum Gasteiger partial charge on any atom is 0.266 e. The molecular formula is C22H22N4O3. The summed E-state index contributed by atoms with van der Waals surface area (Å²) >= 11 is 0. The topological polar surface area (TPSA) is 95.3 Å². The third-order valence-corrected chi connectivity index (χ3v) is 5.20. The lowest BCUT2D eigenvalue weighted by Gasteiger charge is -2.31. The minimum absolute atomic E-state index is 0.0345. The van der Waals surface area contributed by atoms with Crippen molar-refractivity contribution in [2.45, 2.75) is 26.2 Å². The third-order valence-electron chi connectivity index (χ3n) is 5.20. The number of aryl methyl sites for hydroxylation is 1. The highest BCUT2D eigenvalue weighted by atomic mass is 16.4. The molecule has 3 aromatic rings. The largest absolute Gasteiger partial charge is 0.459 e. The number of nitrogens with zero attached hydrogens (tertiary/aromatic N) is 3. The van der Waals surface area contributed by atoms with Crippen molar-refractivity contribution in [1.29, 1.82) is 5.26 Å². The van der Waals surface area contributed by atoms with Crippen molar-refractivity contribution in [3.8, 4) is 17.7 Å². The number of furan rings is 1. The predicted molar refractivity (Wildman–Crippen MR) is 108 cm³/mol. The van der Waals surface area contributed by atoms with E-state index in [0.29, 0.717) is 37.6 Å².